The fraction of sp³-hybridized carbons (Fsp3) is 0.655. The van der Waals surface area contributed by atoms with E-state index in [1.165, 1.54) is 0 Å². The third-order valence-electron chi connectivity index (χ3n) is 6.80. The van der Waals surface area contributed by atoms with Crippen LogP contribution < -0.4 is 16.4 Å². The summed E-state index contributed by atoms with van der Waals surface area (Å²) in [4.78, 5) is 53.7. The van der Waals surface area contributed by atoms with Crippen molar-refractivity contribution < 1.29 is 23.9 Å². The number of carbonyl (C=O) groups is 4. The Morgan fingerprint density at radius 3 is 2.32 bits per heavy atom. The number of hydrogen-bond donors (Lipinski definition) is 3. The summed E-state index contributed by atoms with van der Waals surface area (Å²) in [5.74, 6) is -1.08. The Kier molecular flexibility index (Phi) is 11.2. The predicted molar refractivity (Wildman–Crippen MR) is 147 cm³/mol. The van der Waals surface area contributed by atoms with Crippen molar-refractivity contribution in [3.05, 3.63) is 34.9 Å². The van der Waals surface area contributed by atoms with Gasteiger partial charge in [-0.3, -0.25) is 14.4 Å². The highest BCUT2D eigenvalue weighted by Gasteiger charge is 2.48. The van der Waals surface area contributed by atoms with Crippen molar-refractivity contribution in [2.45, 2.75) is 111 Å². The molecule has 2 rings (SSSR count). The number of primary amides is 1. The summed E-state index contributed by atoms with van der Waals surface area (Å²) in [5, 5.41) is 5.67. The van der Waals surface area contributed by atoms with Crippen molar-refractivity contribution in [1.29, 1.82) is 0 Å². The van der Waals surface area contributed by atoms with E-state index < -0.39 is 35.6 Å². The van der Waals surface area contributed by atoms with E-state index in [4.69, 9.17) is 10.5 Å². The zero-order chi connectivity index (χ0) is 28.6. The van der Waals surface area contributed by atoms with E-state index in [1.54, 1.807) is 25.7 Å². The van der Waals surface area contributed by atoms with Crippen LogP contribution in [0.1, 0.15) is 95.9 Å². The van der Waals surface area contributed by atoms with Gasteiger partial charge < -0.3 is 26.0 Å². The molecule has 4 atom stereocenters. The monoisotopic (exact) mass is 530 g/mol. The Balaban J connectivity index is 2.47. The standard InChI is InChI=1S/C29H46N4O5/c1-8-9-10-15-31-26(35)25(21-12-11-18(2)19(3)16-21)33(23-17-20(23)4)27(36)22(13-14-24(30)34)32-28(37)38-29(5,6)7/h11-12,16,20,22-23,25H,8-10,13-15,17H2,1-7H3,(H2,30,34)(H,31,35)(H,32,37). The molecule has 1 saturated carbocycles. The Morgan fingerprint density at radius 2 is 1.79 bits per heavy atom. The molecule has 0 spiro atoms. The van der Waals surface area contributed by atoms with Crippen LogP contribution in [0.3, 0.4) is 0 Å². The Labute approximate surface area is 227 Å². The van der Waals surface area contributed by atoms with Crippen LogP contribution in [0.4, 0.5) is 4.79 Å². The third-order valence-corrected chi connectivity index (χ3v) is 6.80. The molecule has 0 bridgehead atoms. The second kappa shape index (κ2) is 13.6. The SMILES string of the molecule is CCCCCNC(=O)C(c1ccc(C)c(C)c1)N(C(=O)C(CCC(N)=O)NC(=O)OC(C)(C)C)C1CC1C. The molecule has 9 heteroatoms. The second-order valence-electron chi connectivity index (χ2n) is 11.5. The van der Waals surface area contributed by atoms with E-state index in [9.17, 15) is 19.2 Å². The largest absolute Gasteiger partial charge is 0.444 e. The Bertz CT molecular complexity index is 1000. The van der Waals surface area contributed by atoms with Crippen molar-refractivity contribution in [3.8, 4) is 0 Å². The molecule has 0 saturated heterocycles. The molecule has 1 aromatic rings. The lowest BCUT2D eigenvalue weighted by Gasteiger charge is -2.35. The summed E-state index contributed by atoms with van der Waals surface area (Å²) < 4.78 is 5.38. The average molecular weight is 531 g/mol. The van der Waals surface area contributed by atoms with Crippen LogP contribution in [0, 0.1) is 19.8 Å². The van der Waals surface area contributed by atoms with Gasteiger partial charge in [-0.25, -0.2) is 4.79 Å². The van der Waals surface area contributed by atoms with Gasteiger partial charge in [0, 0.05) is 19.0 Å². The van der Waals surface area contributed by atoms with Gasteiger partial charge in [-0.1, -0.05) is 44.9 Å². The number of alkyl carbamates (subject to hydrolysis) is 1. The van der Waals surface area contributed by atoms with Crippen LogP contribution in [-0.4, -0.2) is 52.9 Å². The first-order valence-corrected chi connectivity index (χ1v) is 13.7. The van der Waals surface area contributed by atoms with Crippen LogP contribution in [0.2, 0.25) is 0 Å². The molecule has 4 unspecified atom stereocenters. The molecule has 0 aliphatic heterocycles. The van der Waals surface area contributed by atoms with Crippen LogP contribution in [0.15, 0.2) is 18.2 Å². The van der Waals surface area contributed by atoms with Gasteiger partial charge in [-0.05, 0) is 76.5 Å². The summed E-state index contributed by atoms with van der Waals surface area (Å²) >= 11 is 0. The number of carbonyl (C=O) groups excluding carboxylic acids is 4. The lowest BCUT2D eigenvalue weighted by atomic mass is 9.97. The molecule has 0 heterocycles. The highest BCUT2D eigenvalue weighted by molar-refractivity contribution is 5.93. The first-order chi connectivity index (χ1) is 17.7. The molecule has 38 heavy (non-hydrogen) atoms. The summed E-state index contributed by atoms with van der Waals surface area (Å²) in [6, 6.07) is 3.64. The number of unbranched alkanes of at least 4 members (excludes halogenated alkanes) is 2. The molecule has 9 nitrogen and oxygen atoms in total. The maximum absolute atomic E-state index is 14.2. The van der Waals surface area contributed by atoms with E-state index in [-0.39, 0.29) is 30.7 Å². The average Bonchev–Trinajstić information content (AvgIpc) is 3.53. The minimum absolute atomic E-state index is 0.00275. The van der Waals surface area contributed by atoms with Gasteiger partial charge in [-0.15, -0.1) is 0 Å². The van der Waals surface area contributed by atoms with Crippen molar-refractivity contribution in [3.63, 3.8) is 0 Å². The number of nitrogens with two attached hydrogens (primary N) is 1. The number of amides is 4. The van der Waals surface area contributed by atoms with Crippen molar-refractivity contribution >= 4 is 23.8 Å². The van der Waals surface area contributed by atoms with Gasteiger partial charge >= 0.3 is 6.09 Å². The molecule has 0 radical (unpaired) electrons. The number of aryl methyl sites for hydroxylation is 2. The molecule has 1 fully saturated rings. The smallest absolute Gasteiger partial charge is 0.408 e. The molecule has 4 N–H and O–H groups in total. The fourth-order valence-corrected chi connectivity index (χ4v) is 4.40. The number of ether oxygens (including phenoxy) is 1. The zero-order valence-corrected chi connectivity index (χ0v) is 24.1. The zero-order valence-electron chi connectivity index (χ0n) is 24.1. The molecular formula is C29H46N4O5. The maximum Gasteiger partial charge on any atom is 0.408 e. The first kappa shape index (κ1) is 31.1. The van der Waals surface area contributed by atoms with E-state index in [0.717, 1.165) is 36.8 Å². The lowest BCUT2D eigenvalue weighted by molar-refractivity contribution is -0.143. The fourth-order valence-electron chi connectivity index (χ4n) is 4.40. The number of benzene rings is 1. The van der Waals surface area contributed by atoms with Crippen LogP contribution in [-0.2, 0) is 19.1 Å². The van der Waals surface area contributed by atoms with Crippen LogP contribution in [0.5, 0.6) is 0 Å². The highest BCUT2D eigenvalue weighted by atomic mass is 16.6. The van der Waals surface area contributed by atoms with E-state index in [2.05, 4.69) is 17.6 Å². The van der Waals surface area contributed by atoms with Crippen LogP contribution >= 0.6 is 0 Å². The van der Waals surface area contributed by atoms with E-state index in [0.29, 0.717) is 12.1 Å². The Hall–Kier alpha value is -3.10. The van der Waals surface area contributed by atoms with Gasteiger partial charge in [0.25, 0.3) is 0 Å². The van der Waals surface area contributed by atoms with Gasteiger partial charge in [0.1, 0.15) is 17.7 Å². The quantitative estimate of drug-likeness (QED) is 0.331. The molecule has 212 valence electrons. The summed E-state index contributed by atoms with van der Waals surface area (Å²) in [6.45, 7) is 13.8. The molecule has 1 aromatic carbocycles. The maximum atomic E-state index is 14.2. The molecule has 4 amide bonds. The van der Waals surface area contributed by atoms with Gasteiger partial charge in [0.15, 0.2) is 0 Å². The van der Waals surface area contributed by atoms with Crippen molar-refractivity contribution in [1.82, 2.24) is 15.5 Å². The molecular weight excluding hydrogens is 484 g/mol. The van der Waals surface area contributed by atoms with Gasteiger partial charge in [-0.2, -0.15) is 0 Å². The minimum atomic E-state index is -1.08. The summed E-state index contributed by atoms with van der Waals surface area (Å²) in [7, 11) is 0. The number of hydrogen-bond acceptors (Lipinski definition) is 5. The summed E-state index contributed by atoms with van der Waals surface area (Å²) in [5.41, 5.74) is 7.41. The minimum Gasteiger partial charge on any atom is -0.444 e. The predicted octanol–water partition coefficient (Wildman–Crippen LogP) is 4.05. The van der Waals surface area contributed by atoms with Gasteiger partial charge in [0.2, 0.25) is 17.7 Å². The summed E-state index contributed by atoms with van der Waals surface area (Å²) in [6.07, 6.45) is 2.74. The lowest BCUT2D eigenvalue weighted by Crippen LogP contribution is -2.54. The topological polar surface area (TPSA) is 131 Å². The second-order valence-corrected chi connectivity index (χ2v) is 11.5. The number of nitrogens with one attached hydrogen (secondary N) is 2. The molecule has 1 aliphatic carbocycles. The Morgan fingerprint density at radius 1 is 1.13 bits per heavy atom. The third kappa shape index (κ3) is 9.33. The van der Waals surface area contributed by atoms with Crippen molar-refractivity contribution in [2.75, 3.05) is 6.54 Å². The normalized spacial score (nSPS) is 18.2. The molecule has 0 aromatic heterocycles. The van der Waals surface area contributed by atoms with E-state index >= 15 is 0 Å². The van der Waals surface area contributed by atoms with Gasteiger partial charge in [0.05, 0.1) is 0 Å². The number of rotatable bonds is 13. The number of nitrogens with zero attached hydrogens (tertiary/aromatic N) is 1. The highest BCUT2D eigenvalue weighted by Crippen LogP contribution is 2.41. The van der Waals surface area contributed by atoms with Crippen LogP contribution in [0.25, 0.3) is 0 Å². The van der Waals surface area contributed by atoms with E-state index in [1.807, 2.05) is 39.0 Å². The van der Waals surface area contributed by atoms with Crippen molar-refractivity contribution in [2.24, 2.45) is 11.7 Å². The molecule has 1 aliphatic rings. The first-order valence-electron chi connectivity index (χ1n) is 13.7.